The van der Waals surface area contributed by atoms with Crippen molar-refractivity contribution in [2.24, 2.45) is 7.05 Å². The van der Waals surface area contributed by atoms with E-state index in [2.05, 4.69) is 15.2 Å². The van der Waals surface area contributed by atoms with Crippen molar-refractivity contribution < 1.29 is 14.1 Å². The van der Waals surface area contributed by atoms with Crippen LogP contribution in [0.4, 0.5) is 0 Å². The maximum Gasteiger partial charge on any atom is 0.264 e. The van der Waals surface area contributed by atoms with Gasteiger partial charge in [0, 0.05) is 19.8 Å². The maximum absolute atomic E-state index is 12.9. The van der Waals surface area contributed by atoms with Crippen molar-refractivity contribution in [2.75, 3.05) is 6.54 Å². The third-order valence-electron chi connectivity index (χ3n) is 4.88. The van der Waals surface area contributed by atoms with Gasteiger partial charge in [-0.25, -0.2) is 0 Å². The standard InChI is InChI=1S/C20H23N5O3/c1-14-6-8-16(9-7-14)27-13-18-22-19(23-28-18)17-5-3-4-10-25(17)20(26)15-11-21-24(2)12-15/h6-9,11-12,17H,3-5,10,13H2,1-2H3. The van der Waals surface area contributed by atoms with Crippen LogP contribution in [0.2, 0.25) is 0 Å². The molecular formula is C20H23N5O3. The fourth-order valence-electron chi connectivity index (χ4n) is 3.38. The highest BCUT2D eigenvalue weighted by Crippen LogP contribution is 2.30. The highest BCUT2D eigenvalue weighted by atomic mass is 16.5. The first-order valence-corrected chi connectivity index (χ1v) is 9.42. The molecule has 3 aromatic rings. The molecule has 1 fully saturated rings. The number of aryl methyl sites for hydroxylation is 2. The van der Waals surface area contributed by atoms with E-state index in [4.69, 9.17) is 9.26 Å². The Morgan fingerprint density at radius 3 is 2.86 bits per heavy atom. The second-order valence-electron chi connectivity index (χ2n) is 7.06. The van der Waals surface area contributed by atoms with Gasteiger partial charge >= 0.3 is 0 Å². The van der Waals surface area contributed by atoms with Crippen LogP contribution in [0, 0.1) is 6.92 Å². The highest BCUT2D eigenvalue weighted by molar-refractivity contribution is 5.94. The van der Waals surface area contributed by atoms with Crippen LogP contribution in [0.1, 0.15) is 52.9 Å². The highest BCUT2D eigenvalue weighted by Gasteiger charge is 2.32. The molecule has 1 atom stereocenters. The molecule has 0 saturated carbocycles. The second-order valence-corrected chi connectivity index (χ2v) is 7.06. The Balaban J connectivity index is 1.46. The summed E-state index contributed by atoms with van der Waals surface area (Å²) >= 11 is 0. The van der Waals surface area contributed by atoms with Crippen LogP contribution in [-0.4, -0.2) is 37.3 Å². The van der Waals surface area contributed by atoms with E-state index < -0.39 is 0 Å². The summed E-state index contributed by atoms with van der Waals surface area (Å²) in [6.45, 7) is 2.89. The van der Waals surface area contributed by atoms with Crippen LogP contribution in [-0.2, 0) is 13.7 Å². The van der Waals surface area contributed by atoms with Gasteiger partial charge in [0.2, 0.25) is 0 Å². The first-order chi connectivity index (χ1) is 13.6. The van der Waals surface area contributed by atoms with E-state index >= 15 is 0 Å². The first-order valence-electron chi connectivity index (χ1n) is 9.42. The van der Waals surface area contributed by atoms with Gasteiger partial charge in [-0.15, -0.1) is 0 Å². The summed E-state index contributed by atoms with van der Waals surface area (Å²) in [5.74, 6) is 1.62. The predicted octanol–water partition coefficient (Wildman–Crippen LogP) is 3.06. The summed E-state index contributed by atoms with van der Waals surface area (Å²) in [5, 5.41) is 8.21. The van der Waals surface area contributed by atoms with Gasteiger partial charge in [0.05, 0.1) is 17.8 Å². The van der Waals surface area contributed by atoms with E-state index in [0.717, 1.165) is 25.0 Å². The van der Waals surface area contributed by atoms with Gasteiger partial charge in [0.15, 0.2) is 12.4 Å². The number of nitrogens with zero attached hydrogens (tertiary/aromatic N) is 5. The summed E-state index contributed by atoms with van der Waals surface area (Å²) in [4.78, 5) is 19.2. The molecule has 0 spiro atoms. The van der Waals surface area contributed by atoms with Gasteiger partial charge < -0.3 is 14.2 Å². The number of piperidine rings is 1. The molecule has 8 heteroatoms. The molecule has 1 aromatic carbocycles. The van der Waals surface area contributed by atoms with E-state index in [-0.39, 0.29) is 18.6 Å². The van der Waals surface area contributed by atoms with E-state index in [1.807, 2.05) is 36.1 Å². The number of rotatable bonds is 5. The van der Waals surface area contributed by atoms with Crippen molar-refractivity contribution in [3.63, 3.8) is 0 Å². The summed E-state index contributed by atoms with van der Waals surface area (Å²) < 4.78 is 12.7. The molecule has 28 heavy (non-hydrogen) atoms. The topological polar surface area (TPSA) is 86.3 Å². The van der Waals surface area contributed by atoms with Crippen LogP contribution >= 0.6 is 0 Å². The Hall–Kier alpha value is -3.16. The van der Waals surface area contributed by atoms with Gasteiger partial charge in [0.25, 0.3) is 11.8 Å². The minimum atomic E-state index is -0.196. The summed E-state index contributed by atoms with van der Waals surface area (Å²) in [5.41, 5.74) is 1.74. The molecule has 8 nitrogen and oxygen atoms in total. The third-order valence-corrected chi connectivity index (χ3v) is 4.88. The fourth-order valence-corrected chi connectivity index (χ4v) is 3.38. The van der Waals surface area contributed by atoms with E-state index in [0.29, 0.717) is 23.8 Å². The zero-order valence-corrected chi connectivity index (χ0v) is 16.0. The van der Waals surface area contributed by atoms with Crippen molar-refractivity contribution >= 4 is 5.91 Å². The molecule has 3 heterocycles. The van der Waals surface area contributed by atoms with Crippen molar-refractivity contribution in [3.05, 3.63) is 59.5 Å². The predicted molar refractivity (Wildman–Crippen MR) is 101 cm³/mol. The molecule has 1 aliphatic rings. The van der Waals surface area contributed by atoms with Gasteiger partial charge in [-0.05, 0) is 38.3 Å². The second kappa shape index (κ2) is 7.84. The van der Waals surface area contributed by atoms with Crippen molar-refractivity contribution in [3.8, 4) is 5.75 Å². The molecule has 4 rings (SSSR count). The van der Waals surface area contributed by atoms with Crippen molar-refractivity contribution in [1.82, 2.24) is 24.8 Å². The smallest absolute Gasteiger partial charge is 0.264 e. The monoisotopic (exact) mass is 381 g/mol. The lowest BCUT2D eigenvalue weighted by atomic mass is 10.0. The number of aromatic nitrogens is 4. The number of carbonyl (C=O) groups excluding carboxylic acids is 1. The zero-order valence-electron chi connectivity index (χ0n) is 16.0. The number of ether oxygens (including phenoxy) is 1. The molecule has 1 saturated heterocycles. The van der Waals surface area contributed by atoms with Crippen molar-refractivity contribution in [1.29, 1.82) is 0 Å². The van der Waals surface area contributed by atoms with Crippen LogP contribution in [0.15, 0.2) is 41.2 Å². The fraction of sp³-hybridized carbons (Fsp3) is 0.400. The van der Waals surface area contributed by atoms with Crippen LogP contribution in [0.25, 0.3) is 0 Å². The number of likely N-dealkylation sites (tertiary alicyclic amines) is 1. The quantitative estimate of drug-likeness (QED) is 0.675. The Morgan fingerprint density at radius 1 is 1.29 bits per heavy atom. The van der Waals surface area contributed by atoms with Gasteiger partial charge in [-0.3, -0.25) is 9.48 Å². The lowest BCUT2D eigenvalue weighted by molar-refractivity contribution is 0.0596. The Morgan fingerprint density at radius 2 is 2.11 bits per heavy atom. The maximum atomic E-state index is 12.9. The Labute approximate surface area is 163 Å². The average Bonchev–Trinajstić information content (AvgIpc) is 3.36. The Bertz CT molecular complexity index is 947. The van der Waals surface area contributed by atoms with Crippen molar-refractivity contribution in [2.45, 2.75) is 38.8 Å². The zero-order chi connectivity index (χ0) is 19.5. The number of amides is 1. The molecule has 0 N–H and O–H groups in total. The lowest BCUT2D eigenvalue weighted by Gasteiger charge is -2.33. The normalized spacial score (nSPS) is 16.9. The molecular weight excluding hydrogens is 358 g/mol. The molecule has 0 radical (unpaired) electrons. The molecule has 2 aromatic heterocycles. The lowest BCUT2D eigenvalue weighted by Crippen LogP contribution is -2.38. The third kappa shape index (κ3) is 3.90. The Kier molecular flexibility index (Phi) is 5.10. The number of carbonyl (C=O) groups is 1. The molecule has 1 amide bonds. The summed E-state index contributed by atoms with van der Waals surface area (Å²) in [6.07, 6.45) is 6.11. The van der Waals surface area contributed by atoms with E-state index in [9.17, 15) is 4.79 Å². The molecule has 0 aliphatic carbocycles. The van der Waals surface area contributed by atoms with Gasteiger partial charge in [-0.2, -0.15) is 10.1 Å². The SMILES string of the molecule is Cc1ccc(OCc2nc(C3CCCCN3C(=O)c3cnn(C)c3)no2)cc1. The molecule has 146 valence electrons. The largest absolute Gasteiger partial charge is 0.484 e. The number of hydrogen-bond donors (Lipinski definition) is 0. The van der Waals surface area contributed by atoms with E-state index in [1.165, 1.54) is 5.56 Å². The van der Waals surface area contributed by atoms with Crippen LogP contribution in [0.5, 0.6) is 5.75 Å². The first kappa shape index (κ1) is 18.2. The average molecular weight is 381 g/mol. The molecule has 1 unspecified atom stereocenters. The molecule has 1 aliphatic heterocycles. The van der Waals surface area contributed by atoms with E-state index in [1.54, 1.807) is 24.1 Å². The minimum absolute atomic E-state index is 0.0555. The van der Waals surface area contributed by atoms with Gasteiger partial charge in [-0.1, -0.05) is 22.9 Å². The number of hydrogen-bond acceptors (Lipinski definition) is 6. The summed E-state index contributed by atoms with van der Waals surface area (Å²) in [6, 6.07) is 7.58. The van der Waals surface area contributed by atoms with Crippen LogP contribution < -0.4 is 4.74 Å². The van der Waals surface area contributed by atoms with Crippen LogP contribution in [0.3, 0.4) is 0 Å². The van der Waals surface area contributed by atoms with Gasteiger partial charge in [0.1, 0.15) is 5.75 Å². The number of benzene rings is 1. The minimum Gasteiger partial charge on any atom is -0.484 e. The molecule has 0 bridgehead atoms. The summed E-state index contributed by atoms with van der Waals surface area (Å²) in [7, 11) is 1.80.